The molecule has 1 fully saturated rings. The van der Waals surface area contributed by atoms with Crippen LogP contribution < -0.4 is 15.0 Å². The summed E-state index contributed by atoms with van der Waals surface area (Å²) in [5, 5.41) is 3.41. The third-order valence-corrected chi connectivity index (χ3v) is 3.67. The van der Waals surface area contributed by atoms with Gasteiger partial charge in [0.15, 0.2) is 0 Å². The van der Waals surface area contributed by atoms with Gasteiger partial charge in [-0.25, -0.2) is 0 Å². The number of hydrogen-bond donors (Lipinski definition) is 1. The standard InChI is InChI=1S/C15H22N2O2/c1-17(13-6-8-14(19-2)9-7-13)15(18)11-12-5-3-4-10-16-12/h6-9,12,16H,3-5,10-11H2,1-2H3. The molecule has 4 nitrogen and oxygen atoms in total. The van der Waals surface area contributed by atoms with Crippen LogP contribution in [-0.2, 0) is 4.79 Å². The van der Waals surface area contributed by atoms with Gasteiger partial charge in [-0.2, -0.15) is 0 Å². The monoisotopic (exact) mass is 262 g/mol. The molecule has 0 aliphatic carbocycles. The first kappa shape index (κ1) is 13.9. The molecule has 1 atom stereocenters. The second kappa shape index (κ2) is 6.57. The van der Waals surface area contributed by atoms with E-state index in [1.165, 1.54) is 12.8 Å². The molecule has 4 heteroatoms. The first-order valence-electron chi connectivity index (χ1n) is 6.84. The van der Waals surface area contributed by atoms with E-state index in [0.717, 1.165) is 24.4 Å². The van der Waals surface area contributed by atoms with Gasteiger partial charge in [-0.05, 0) is 43.7 Å². The number of piperidine rings is 1. The summed E-state index contributed by atoms with van der Waals surface area (Å²) in [6.45, 7) is 1.03. The highest BCUT2D eigenvalue weighted by Gasteiger charge is 2.19. The van der Waals surface area contributed by atoms with Crippen molar-refractivity contribution in [2.45, 2.75) is 31.7 Å². The first-order valence-corrected chi connectivity index (χ1v) is 6.84. The van der Waals surface area contributed by atoms with E-state index < -0.39 is 0 Å². The maximum Gasteiger partial charge on any atom is 0.228 e. The first-order chi connectivity index (χ1) is 9.20. The van der Waals surface area contributed by atoms with Crippen LogP contribution >= 0.6 is 0 Å². The number of amides is 1. The molecule has 1 aromatic carbocycles. The minimum Gasteiger partial charge on any atom is -0.497 e. The van der Waals surface area contributed by atoms with Crippen molar-refractivity contribution in [1.29, 1.82) is 0 Å². The van der Waals surface area contributed by atoms with E-state index in [1.807, 2.05) is 31.3 Å². The Balaban J connectivity index is 1.93. The number of ether oxygens (including phenoxy) is 1. The Hall–Kier alpha value is -1.55. The van der Waals surface area contributed by atoms with Crippen LogP contribution in [0.3, 0.4) is 0 Å². The van der Waals surface area contributed by atoms with Crippen LogP contribution in [-0.4, -0.2) is 32.7 Å². The van der Waals surface area contributed by atoms with Gasteiger partial charge in [-0.15, -0.1) is 0 Å². The van der Waals surface area contributed by atoms with Crippen molar-refractivity contribution in [2.75, 3.05) is 25.6 Å². The Morgan fingerprint density at radius 3 is 2.68 bits per heavy atom. The second-order valence-electron chi connectivity index (χ2n) is 5.00. The molecule has 0 bridgehead atoms. The molecule has 1 aliphatic rings. The second-order valence-corrected chi connectivity index (χ2v) is 5.00. The number of carbonyl (C=O) groups is 1. The zero-order valence-corrected chi connectivity index (χ0v) is 11.7. The van der Waals surface area contributed by atoms with E-state index in [0.29, 0.717) is 12.5 Å². The lowest BCUT2D eigenvalue weighted by Crippen LogP contribution is -2.39. The molecular weight excluding hydrogens is 240 g/mol. The Kier molecular flexibility index (Phi) is 4.80. The molecule has 1 heterocycles. The summed E-state index contributed by atoms with van der Waals surface area (Å²) in [7, 11) is 3.46. The topological polar surface area (TPSA) is 41.6 Å². The third kappa shape index (κ3) is 3.70. The fourth-order valence-corrected chi connectivity index (χ4v) is 2.40. The van der Waals surface area contributed by atoms with E-state index in [2.05, 4.69) is 5.32 Å². The molecule has 1 aromatic rings. The molecule has 1 aliphatic heterocycles. The number of methoxy groups -OCH3 is 1. The lowest BCUT2D eigenvalue weighted by Gasteiger charge is -2.25. The predicted molar refractivity (Wildman–Crippen MR) is 76.7 cm³/mol. The summed E-state index contributed by atoms with van der Waals surface area (Å²) in [5.74, 6) is 0.961. The summed E-state index contributed by atoms with van der Waals surface area (Å²) in [5.41, 5.74) is 0.904. The van der Waals surface area contributed by atoms with Crippen molar-refractivity contribution in [2.24, 2.45) is 0 Å². The minimum absolute atomic E-state index is 0.157. The van der Waals surface area contributed by atoms with Gasteiger partial charge in [0.25, 0.3) is 0 Å². The maximum atomic E-state index is 12.2. The molecule has 1 unspecified atom stereocenters. The number of hydrogen-bond acceptors (Lipinski definition) is 3. The lowest BCUT2D eigenvalue weighted by molar-refractivity contribution is -0.118. The summed E-state index contributed by atoms with van der Waals surface area (Å²) in [6.07, 6.45) is 4.11. The van der Waals surface area contributed by atoms with Gasteiger partial charge in [0.2, 0.25) is 5.91 Å². The van der Waals surface area contributed by atoms with E-state index >= 15 is 0 Å². The van der Waals surface area contributed by atoms with Crippen molar-refractivity contribution < 1.29 is 9.53 Å². The molecule has 1 amide bonds. The van der Waals surface area contributed by atoms with E-state index in [-0.39, 0.29) is 5.91 Å². The Labute approximate surface area is 114 Å². The van der Waals surface area contributed by atoms with Crippen LogP contribution in [0.1, 0.15) is 25.7 Å². The van der Waals surface area contributed by atoms with Gasteiger partial charge in [0.1, 0.15) is 5.75 Å². The fraction of sp³-hybridized carbons (Fsp3) is 0.533. The van der Waals surface area contributed by atoms with Crippen LogP contribution in [0.15, 0.2) is 24.3 Å². The van der Waals surface area contributed by atoms with Gasteiger partial charge < -0.3 is 15.0 Å². The molecule has 1 N–H and O–H groups in total. The highest BCUT2D eigenvalue weighted by atomic mass is 16.5. The zero-order valence-electron chi connectivity index (χ0n) is 11.7. The molecule has 0 saturated carbocycles. The number of carbonyl (C=O) groups excluding carboxylic acids is 1. The Bertz CT molecular complexity index is 411. The van der Waals surface area contributed by atoms with E-state index in [9.17, 15) is 4.79 Å². The molecule has 104 valence electrons. The maximum absolute atomic E-state index is 12.2. The van der Waals surface area contributed by atoms with Crippen LogP contribution in [0.5, 0.6) is 5.75 Å². The van der Waals surface area contributed by atoms with Crippen LogP contribution in [0.4, 0.5) is 5.69 Å². The number of anilines is 1. The Morgan fingerprint density at radius 2 is 2.11 bits per heavy atom. The summed E-state index contributed by atoms with van der Waals surface area (Å²) in [4.78, 5) is 13.9. The molecule has 0 radical (unpaired) electrons. The molecule has 0 aromatic heterocycles. The highest BCUT2D eigenvalue weighted by molar-refractivity contribution is 5.93. The average molecular weight is 262 g/mol. The van der Waals surface area contributed by atoms with Crippen molar-refractivity contribution in [3.05, 3.63) is 24.3 Å². The number of nitrogens with zero attached hydrogens (tertiary/aromatic N) is 1. The SMILES string of the molecule is COc1ccc(N(C)C(=O)CC2CCCCN2)cc1. The smallest absolute Gasteiger partial charge is 0.228 e. The predicted octanol–water partition coefficient (Wildman–Crippen LogP) is 2.19. The van der Waals surface area contributed by atoms with Gasteiger partial charge in [0.05, 0.1) is 7.11 Å². The van der Waals surface area contributed by atoms with Crippen LogP contribution in [0.2, 0.25) is 0 Å². The summed E-state index contributed by atoms with van der Waals surface area (Å²) >= 11 is 0. The van der Waals surface area contributed by atoms with E-state index in [1.54, 1.807) is 12.0 Å². The molecule has 0 spiro atoms. The third-order valence-electron chi connectivity index (χ3n) is 3.67. The quantitative estimate of drug-likeness (QED) is 0.904. The average Bonchev–Trinajstić information content (AvgIpc) is 2.47. The van der Waals surface area contributed by atoms with Gasteiger partial charge >= 0.3 is 0 Å². The van der Waals surface area contributed by atoms with Crippen molar-refractivity contribution in [3.8, 4) is 5.75 Å². The van der Waals surface area contributed by atoms with Gasteiger partial charge in [-0.3, -0.25) is 4.79 Å². The summed E-state index contributed by atoms with van der Waals surface area (Å²) in [6, 6.07) is 7.90. The molecule has 2 rings (SSSR count). The van der Waals surface area contributed by atoms with E-state index in [4.69, 9.17) is 4.74 Å². The largest absolute Gasteiger partial charge is 0.497 e. The number of nitrogens with one attached hydrogen (secondary N) is 1. The van der Waals surface area contributed by atoms with Crippen molar-refractivity contribution >= 4 is 11.6 Å². The summed E-state index contributed by atoms with van der Waals surface area (Å²) < 4.78 is 5.12. The van der Waals surface area contributed by atoms with Gasteiger partial charge in [-0.1, -0.05) is 6.42 Å². The number of benzene rings is 1. The zero-order chi connectivity index (χ0) is 13.7. The number of rotatable bonds is 4. The Morgan fingerprint density at radius 1 is 1.37 bits per heavy atom. The molecule has 1 saturated heterocycles. The van der Waals surface area contributed by atoms with Crippen LogP contribution in [0.25, 0.3) is 0 Å². The minimum atomic E-state index is 0.157. The highest BCUT2D eigenvalue weighted by Crippen LogP contribution is 2.20. The van der Waals surface area contributed by atoms with Gasteiger partial charge in [0, 0.05) is 25.2 Å². The molecular formula is C15H22N2O2. The molecule has 19 heavy (non-hydrogen) atoms. The lowest BCUT2D eigenvalue weighted by atomic mass is 10.0. The van der Waals surface area contributed by atoms with Crippen molar-refractivity contribution in [1.82, 2.24) is 5.32 Å². The fourth-order valence-electron chi connectivity index (χ4n) is 2.40. The normalized spacial score (nSPS) is 18.9. The van der Waals surface area contributed by atoms with Crippen LogP contribution in [0, 0.1) is 0 Å². The van der Waals surface area contributed by atoms with Crippen molar-refractivity contribution in [3.63, 3.8) is 0 Å².